The smallest absolute Gasteiger partial charge is 0.165 e. The van der Waals surface area contributed by atoms with Crippen LogP contribution in [0.5, 0.6) is 5.75 Å². The van der Waals surface area contributed by atoms with Gasteiger partial charge < -0.3 is 9.72 Å². The van der Waals surface area contributed by atoms with E-state index in [-0.39, 0.29) is 5.75 Å². The second-order valence-corrected chi connectivity index (χ2v) is 3.83. The molecule has 0 fully saturated rings. The van der Waals surface area contributed by atoms with Crippen molar-refractivity contribution in [1.29, 1.82) is 5.26 Å². The summed E-state index contributed by atoms with van der Waals surface area (Å²) in [5.41, 5.74) is 1.44. The van der Waals surface area contributed by atoms with Crippen molar-refractivity contribution < 1.29 is 9.13 Å². The van der Waals surface area contributed by atoms with Crippen molar-refractivity contribution in [1.82, 2.24) is 4.98 Å². The van der Waals surface area contributed by atoms with Crippen LogP contribution in [0.4, 0.5) is 4.39 Å². The molecule has 0 bridgehead atoms. The molecular weight excluding hydrogens is 231 g/mol. The lowest BCUT2D eigenvalue weighted by molar-refractivity contribution is 0.321. The second-order valence-electron chi connectivity index (χ2n) is 3.83. The predicted octanol–water partition coefficient (Wildman–Crippen LogP) is 3.21. The van der Waals surface area contributed by atoms with Gasteiger partial charge in [-0.05, 0) is 36.2 Å². The highest BCUT2D eigenvalue weighted by molar-refractivity contribution is 5.40. The van der Waals surface area contributed by atoms with Crippen LogP contribution in [-0.2, 0) is 0 Å². The number of hydrogen-bond acceptors (Lipinski definition) is 2. The maximum atomic E-state index is 13.7. The number of aromatic nitrogens is 1. The molecular formula is C14H13FN2O. The molecule has 1 atom stereocenters. The monoisotopic (exact) mass is 244 g/mol. The normalized spacial score (nSPS) is 11.8. The van der Waals surface area contributed by atoms with Crippen molar-refractivity contribution in [2.75, 3.05) is 6.61 Å². The van der Waals surface area contributed by atoms with E-state index in [2.05, 4.69) is 11.1 Å². The van der Waals surface area contributed by atoms with Gasteiger partial charge in [0.15, 0.2) is 11.6 Å². The quantitative estimate of drug-likeness (QED) is 0.897. The van der Waals surface area contributed by atoms with E-state index in [9.17, 15) is 9.65 Å². The van der Waals surface area contributed by atoms with E-state index in [1.165, 1.54) is 6.07 Å². The number of hydrogen-bond donors (Lipinski definition) is 1. The molecule has 0 amide bonds. The van der Waals surface area contributed by atoms with Crippen molar-refractivity contribution in [2.24, 2.45) is 0 Å². The summed E-state index contributed by atoms with van der Waals surface area (Å²) in [6.07, 6.45) is 3.48. The van der Waals surface area contributed by atoms with Gasteiger partial charge in [-0.25, -0.2) is 4.39 Å². The molecule has 2 rings (SSSR count). The van der Waals surface area contributed by atoms with Gasteiger partial charge in [0.05, 0.1) is 18.6 Å². The molecule has 0 aliphatic rings. The van der Waals surface area contributed by atoms with Crippen LogP contribution in [0.1, 0.15) is 24.0 Å². The standard InChI is InChI=1S/C14H13FN2O/c1-2-18-14-4-3-10(7-13(14)15)12(8-16)11-5-6-17-9-11/h3-7,9,12,17H,2H2,1H3. The number of benzene rings is 1. The maximum Gasteiger partial charge on any atom is 0.165 e. The topological polar surface area (TPSA) is 48.8 Å². The lowest BCUT2D eigenvalue weighted by Gasteiger charge is -2.10. The third-order valence-corrected chi connectivity index (χ3v) is 2.67. The molecule has 1 heterocycles. The van der Waals surface area contributed by atoms with Gasteiger partial charge in [0.1, 0.15) is 0 Å². The number of rotatable bonds is 4. The summed E-state index contributed by atoms with van der Waals surface area (Å²) in [7, 11) is 0. The molecule has 0 spiro atoms. The number of nitrogens with one attached hydrogen (secondary N) is 1. The number of nitrogens with zero attached hydrogens (tertiary/aromatic N) is 1. The minimum Gasteiger partial charge on any atom is -0.491 e. The van der Waals surface area contributed by atoms with Crippen molar-refractivity contribution in [3.63, 3.8) is 0 Å². The first kappa shape index (κ1) is 12.2. The molecule has 4 heteroatoms. The number of aromatic amines is 1. The zero-order valence-corrected chi connectivity index (χ0v) is 9.98. The minimum absolute atomic E-state index is 0.215. The maximum absolute atomic E-state index is 13.7. The van der Waals surface area contributed by atoms with Crippen LogP contribution in [0, 0.1) is 17.1 Å². The van der Waals surface area contributed by atoms with Gasteiger partial charge in [-0.1, -0.05) is 6.07 Å². The van der Waals surface area contributed by atoms with Gasteiger partial charge in [0.2, 0.25) is 0 Å². The minimum atomic E-state index is -0.471. The van der Waals surface area contributed by atoms with Crippen LogP contribution in [0.2, 0.25) is 0 Å². The fraction of sp³-hybridized carbons (Fsp3) is 0.214. The first-order chi connectivity index (χ1) is 8.76. The van der Waals surface area contributed by atoms with Crippen molar-refractivity contribution in [3.8, 4) is 11.8 Å². The summed E-state index contributed by atoms with van der Waals surface area (Å²) in [6.45, 7) is 2.21. The van der Waals surface area contributed by atoms with Gasteiger partial charge in [0.25, 0.3) is 0 Å². The van der Waals surface area contributed by atoms with Crippen LogP contribution >= 0.6 is 0 Å². The summed E-state index contributed by atoms with van der Waals surface area (Å²) >= 11 is 0. The number of ether oxygens (including phenoxy) is 1. The highest BCUT2D eigenvalue weighted by atomic mass is 19.1. The molecule has 1 unspecified atom stereocenters. The molecule has 3 nitrogen and oxygen atoms in total. The van der Waals surface area contributed by atoms with E-state index >= 15 is 0 Å². The molecule has 92 valence electrons. The largest absolute Gasteiger partial charge is 0.491 e. The van der Waals surface area contributed by atoms with Crippen LogP contribution in [0.15, 0.2) is 36.7 Å². The third kappa shape index (κ3) is 2.35. The molecule has 1 aromatic heterocycles. The number of halogens is 1. The average molecular weight is 244 g/mol. The van der Waals surface area contributed by atoms with Crippen molar-refractivity contribution >= 4 is 0 Å². The first-order valence-corrected chi connectivity index (χ1v) is 5.70. The molecule has 18 heavy (non-hydrogen) atoms. The summed E-state index contributed by atoms with van der Waals surface area (Å²) in [6, 6.07) is 8.61. The Morgan fingerprint density at radius 2 is 2.22 bits per heavy atom. The van der Waals surface area contributed by atoms with Gasteiger partial charge in [-0.15, -0.1) is 0 Å². The van der Waals surface area contributed by atoms with Crippen molar-refractivity contribution in [3.05, 3.63) is 53.6 Å². The molecule has 1 aromatic carbocycles. The molecule has 0 aliphatic heterocycles. The van der Waals surface area contributed by atoms with E-state index in [4.69, 9.17) is 4.74 Å². The Morgan fingerprint density at radius 3 is 2.78 bits per heavy atom. The Bertz CT molecular complexity index is 558. The van der Waals surface area contributed by atoms with Crippen LogP contribution < -0.4 is 4.74 Å². The van der Waals surface area contributed by atoms with Gasteiger partial charge in [-0.3, -0.25) is 0 Å². The Hall–Kier alpha value is -2.28. The summed E-state index contributed by atoms with van der Waals surface area (Å²) in [5, 5.41) is 9.20. The lowest BCUT2D eigenvalue weighted by Crippen LogP contribution is -2.00. The van der Waals surface area contributed by atoms with E-state index in [0.29, 0.717) is 12.2 Å². The summed E-state index contributed by atoms with van der Waals surface area (Å²) in [4.78, 5) is 2.89. The molecule has 0 saturated heterocycles. The Morgan fingerprint density at radius 1 is 1.39 bits per heavy atom. The summed E-state index contributed by atoms with van der Waals surface area (Å²) in [5.74, 6) is -0.696. The number of H-pyrrole nitrogens is 1. The highest BCUT2D eigenvalue weighted by Crippen LogP contribution is 2.27. The summed E-state index contributed by atoms with van der Waals surface area (Å²) < 4.78 is 18.9. The van der Waals surface area contributed by atoms with E-state index in [1.807, 2.05) is 6.07 Å². The average Bonchev–Trinajstić information content (AvgIpc) is 2.87. The van der Waals surface area contributed by atoms with Crippen LogP contribution in [0.25, 0.3) is 0 Å². The van der Waals surface area contributed by atoms with E-state index in [0.717, 1.165) is 5.56 Å². The zero-order valence-electron chi connectivity index (χ0n) is 9.98. The fourth-order valence-electron chi connectivity index (χ4n) is 1.83. The van der Waals surface area contributed by atoms with Crippen LogP contribution in [0.3, 0.4) is 0 Å². The van der Waals surface area contributed by atoms with Gasteiger partial charge in [-0.2, -0.15) is 5.26 Å². The molecule has 2 aromatic rings. The molecule has 0 radical (unpaired) electrons. The highest BCUT2D eigenvalue weighted by Gasteiger charge is 2.16. The third-order valence-electron chi connectivity index (χ3n) is 2.67. The SMILES string of the molecule is CCOc1ccc(C(C#N)c2cc[nH]c2)cc1F. The molecule has 1 N–H and O–H groups in total. The molecule has 0 aliphatic carbocycles. The Labute approximate surface area is 105 Å². The zero-order chi connectivity index (χ0) is 13.0. The Kier molecular flexibility index (Phi) is 3.63. The van der Waals surface area contributed by atoms with E-state index < -0.39 is 11.7 Å². The van der Waals surface area contributed by atoms with Crippen molar-refractivity contribution in [2.45, 2.75) is 12.8 Å². The first-order valence-electron chi connectivity index (χ1n) is 5.70. The lowest BCUT2D eigenvalue weighted by atomic mass is 9.94. The van der Waals surface area contributed by atoms with Gasteiger partial charge >= 0.3 is 0 Å². The molecule has 0 saturated carbocycles. The second kappa shape index (κ2) is 5.37. The Balaban J connectivity index is 2.34. The fourth-order valence-corrected chi connectivity index (χ4v) is 1.83. The van der Waals surface area contributed by atoms with E-state index in [1.54, 1.807) is 31.5 Å². The van der Waals surface area contributed by atoms with Gasteiger partial charge in [0, 0.05) is 12.4 Å². The predicted molar refractivity (Wildman–Crippen MR) is 65.8 cm³/mol. The van der Waals surface area contributed by atoms with Crippen LogP contribution in [-0.4, -0.2) is 11.6 Å². The number of nitriles is 1.